The highest BCUT2D eigenvalue weighted by atomic mass is 14.8. The molecule has 0 radical (unpaired) electrons. The van der Waals surface area contributed by atoms with E-state index in [1.807, 2.05) is 6.21 Å². The largest absolute Gasteiger partial charge is 0.313 e. The van der Waals surface area contributed by atoms with E-state index in [2.05, 4.69) is 32.7 Å². The van der Waals surface area contributed by atoms with Gasteiger partial charge in [-0.2, -0.15) is 0 Å². The number of rotatable bonds is 3. The van der Waals surface area contributed by atoms with Gasteiger partial charge in [0.1, 0.15) is 0 Å². The van der Waals surface area contributed by atoms with Gasteiger partial charge >= 0.3 is 0 Å². The Bertz CT molecular complexity index is 198. The van der Waals surface area contributed by atoms with Gasteiger partial charge in [-0.05, 0) is 24.0 Å². The molecule has 0 saturated heterocycles. The molecule has 0 aromatic carbocycles. The Morgan fingerprint density at radius 3 is 2.15 bits per heavy atom. The highest BCUT2D eigenvalue weighted by molar-refractivity contribution is 5.63. The molecule has 1 aliphatic rings. The second kappa shape index (κ2) is 4.03. The summed E-state index contributed by atoms with van der Waals surface area (Å²) in [5.74, 6) is 2.11. The maximum Gasteiger partial charge on any atom is 0.0559 e. The van der Waals surface area contributed by atoms with Crippen molar-refractivity contribution in [1.82, 2.24) is 0 Å². The molecule has 1 rings (SSSR count). The van der Waals surface area contributed by atoms with Crippen molar-refractivity contribution in [2.45, 2.75) is 33.7 Å². The number of hydrogen-bond donors (Lipinski definition) is 1. The van der Waals surface area contributed by atoms with Gasteiger partial charge in [0.25, 0.3) is 0 Å². The SMILES string of the molecule is CC(C)/C=N\C1C(C)C(C=N)C1C. The molecule has 2 heteroatoms. The van der Waals surface area contributed by atoms with Gasteiger partial charge in [0, 0.05) is 12.1 Å². The molecule has 0 aromatic rings. The van der Waals surface area contributed by atoms with Crippen LogP contribution in [0.3, 0.4) is 0 Å². The van der Waals surface area contributed by atoms with Crippen LogP contribution in [0.2, 0.25) is 0 Å². The summed E-state index contributed by atoms with van der Waals surface area (Å²) in [5, 5.41) is 7.25. The minimum Gasteiger partial charge on any atom is -0.313 e. The summed E-state index contributed by atoms with van der Waals surface area (Å²) in [6, 6.07) is 0.453. The fourth-order valence-corrected chi connectivity index (χ4v) is 2.11. The third kappa shape index (κ3) is 1.98. The second-order valence-electron chi connectivity index (χ2n) is 4.50. The maximum absolute atomic E-state index is 7.25. The van der Waals surface area contributed by atoms with Crippen molar-refractivity contribution in [2.75, 3.05) is 0 Å². The molecule has 74 valence electrons. The van der Waals surface area contributed by atoms with Crippen LogP contribution < -0.4 is 0 Å². The van der Waals surface area contributed by atoms with Crippen LogP contribution in [0, 0.1) is 29.1 Å². The molecule has 1 saturated carbocycles. The lowest BCUT2D eigenvalue weighted by Gasteiger charge is -2.45. The summed E-state index contributed by atoms with van der Waals surface area (Å²) >= 11 is 0. The predicted molar refractivity (Wildman–Crippen MR) is 57.7 cm³/mol. The zero-order valence-electron chi connectivity index (χ0n) is 8.99. The van der Waals surface area contributed by atoms with E-state index < -0.39 is 0 Å². The topological polar surface area (TPSA) is 36.2 Å². The Morgan fingerprint density at radius 1 is 1.23 bits per heavy atom. The Morgan fingerprint density at radius 2 is 1.77 bits per heavy atom. The predicted octanol–water partition coefficient (Wildman–Crippen LogP) is 2.63. The highest BCUT2D eigenvalue weighted by Crippen LogP contribution is 2.40. The fraction of sp³-hybridized carbons (Fsp3) is 0.818. The molecule has 2 unspecified atom stereocenters. The van der Waals surface area contributed by atoms with Gasteiger partial charge < -0.3 is 5.41 Å². The maximum atomic E-state index is 7.25. The van der Waals surface area contributed by atoms with Crippen molar-refractivity contribution in [3.05, 3.63) is 0 Å². The molecule has 0 heterocycles. The van der Waals surface area contributed by atoms with E-state index in [9.17, 15) is 0 Å². The lowest BCUT2D eigenvalue weighted by molar-refractivity contribution is 0.126. The molecular weight excluding hydrogens is 160 g/mol. The van der Waals surface area contributed by atoms with Gasteiger partial charge in [0.2, 0.25) is 0 Å². The first-order valence-electron chi connectivity index (χ1n) is 5.11. The minimum atomic E-state index is 0.453. The van der Waals surface area contributed by atoms with Crippen LogP contribution in [0.4, 0.5) is 0 Å². The summed E-state index contributed by atoms with van der Waals surface area (Å²) in [6.07, 6.45) is 3.62. The quantitative estimate of drug-likeness (QED) is 0.648. The van der Waals surface area contributed by atoms with Gasteiger partial charge in [-0.3, -0.25) is 4.99 Å². The summed E-state index contributed by atoms with van der Waals surface area (Å²) in [4.78, 5) is 4.56. The Balaban J connectivity index is 2.51. The first-order chi connectivity index (χ1) is 6.07. The number of aliphatic imine (C=N–C) groups is 1. The van der Waals surface area contributed by atoms with Crippen LogP contribution in [0.15, 0.2) is 4.99 Å². The average Bonchev–Trinajstić information content (AvgIpc) is 2.05. The molecule has 1 N–H and O–H groups in total. The monoisotopic (exact) mass is 180 g/mol. The lowest BCUT2D eigenvalue weighted by Crippen LogP contribution is -2.48. The summed E-state index contributed by atoms with van der Waals surface area (Å²) < 4.78 is 0. The summed E-state index contributed by atoms with van der Waals surface area (Å²) in [6.45, 7) is 8.67. The molecular formula is C11H20N2. The van der Waals surface area contributed by atoms with Crippen molar-refractivity contribution in [3.8, 4) is 0 Å². The lowest BCUT2D eigenvalue weighted by atomic mass is 9.63. The van der Waals surface area contributed by atoms with E-state index in [0.717, 1.165) is 0 Å². The number of hydrogen-bond acceptors (Lipinski definition) is 2. The molecule has 13 heavy (non-hydrogen) atoms. The second-order valence-corrected chi connectivity index (χ2v) is 4.50. The summed E-state index contributed by atoms with van der Waals surface area (Å²) in [7, 11) is 0. The third-order valence-corrected chi connectivity index (χ3v) is 3.04. The van der Waals surface area contributed by atoms with Crippen LogP contribution in [-0.2, 0) is 0 Å². The standard InChI is InChI=1S/C11H20N2/c1-7(2)6-13-11-8(3)10(5-12)9(11)4/h5-12H,1-4H3/b12-5?,13-6-. The van der Waals surface area contributed by atoms with Crippen molar-refractivity contribution in [2.24, 2.45) is 28.7 Å². The van der Waals surface area contributed by atoms with Gasteiger partial charge in [0.15, 0.2) is 0 Å². The van der Waals surface area contributed by atoms with E-state index in [0.29, 0.717) is 29.7 Å². The average molecular weight is 180 g/mol. The van der Waals surface area contributed by atoms with E-state index in [-0.39, 0.29) is 0 Å². The van der Waals surface area contributed by atoms with Crippen LogP contribution in [0.1, 0.15) is 27.7 Å². The third-order valence-electron chi connectivity index (χ3n) is 3.04. The van der Waals surface area contributed by atoms with Crippen LogP contribution in [-0.4, -0.2) is 18.5 Å². The van der Waals surface area contributed by atoms with E-state index in [4.69, 9.17) is 5.41 Å². The molecule has 1 fully saturated rings. The minimum absolute atomic E-state index is 0.453. The van der Waals surface area contributed by atoms with Crippen molar-refractivity contribution in [1.29, 1.82) is 5.41 Å². The molecule has 2 atom stereocenters. The van der Waals surface area contributed by atoms with Gasteiger partial charge in [-0.1, -0.05) is 27.7 Å². The summed E-state index contributed by atoms with van der Waals surface area (Å²) in [5.41, 5.74) is 0. The van der Waals surface area contributed by atoms with Gasteiger partial charge in [0.05, 0.1) is 6.04 Å². The molecule has 2 nitrogen and oxygen atoms in total. The first-order valence-corrected chi connectivity index (χ1v) is 5.11. The molecule has 0 spiro atoms. The zero-order valence-corrected chi connectivity index (χ0v) is 8.99. The smallest absolute Gasteiger partial charge is 0.0559 e. The Labute approximate surface area is 81.0 Å². The van der Waals surface area contributed by atoms with E-state index >= 15 is 0 Å². The zero-order chi connectivity index (χ0) is 10.0. The Hall–Kier alpha value is -0.660. The van der Waals surface area contributed by atoms with Gasteiger partial charge in [-0.25, -0.2) is 0 Å². The van der Waals surface area contributed by atoms with Crippen molar-refractivity contribution < 1.29 is 0 Å². The molecule has 0 aromatic heterocycles. The van der Waals surface area contributed by atoms with Crippen LogP contribution >= 0.6 is 0 Å². The van der Waals surface area contributed by atoms with Crippen molar-refractivity contribution in [3.63, 3.8) is 0 Å². The van der Waals surface area contributed by atoms with E-state index in [1.165, 1.54) is 0 Å². The number of nitrogens with one attached hydrogen (secondary N) is 1. The molecule has 0 aliphatic heterocycles. The highest BCUT2D eigenvalue weighted by Gasteiger charge is 2.43. The number of nitrogens with zero attached hydrogens (tertiary/aromatic N) is 1. The van der Waals surface area contributed by atoms with Crippen LogP contribution in [0.5, 0.6) is 0 Å². The molecule has 1 aliphatic carbocycles. The van der Waals surface area contributed by atoms with E-state index in [1.54, 1.807) is 6.21 Å². The van der Waals surface area contributed by atoms with Crippen molar-refractivity contribution >= 4 is 12.4 Å². The Kier molecular flexibility index (Phi) is 3.23. The van der Waals surface area contributed by atoms with Gasteiger partial charge in [-0.15, -0.1) is 0 Å². The first kappa shape index (κ1) is 10.4. The fourth-order valence-electron chi connectivity index (χ4n) is 2.11. The normalized spacial score (nSPS) is 39.5. The van der Waals surface area contributed by atoms with Crippen LogP contribution in [0.25, 0.3) is 0 Å². The molecule has 0 bridgehead atoms. The molecule has 0 amide bonds.